The van der Waals surface area contributed by atoms with Crippen LogP contribution < -0.4 is 5.32 Å². The topological polar surface area (TPSA) is 12.0 Å². The van der Waals surface area contributed by atoms with Crippen LogP contribution in [0.5, 0.6) is 0 Å². The second-order valence-corrected chi connectivity index (χ2v) is 6.80. The Labute approximate surface area is 133 Å². The number of nitrogens with one attached hydrogen (secondary N) is 1. The van der Waals surface area contributed by atoms with Gasteiger partial charge in [-0.2, -0.15) is 0 Å². The summed E-state index contributed by atoms with van der Waals surface area (Å²) in [6, 6.07) is 6.91. The number of benzene rings is 1. The summed E-state index contributed by atoms with van der Waals surface area (Å²) in [6.07, 6.45) is 7.99. The third kappa shape index (κ3) is 4.13. The van der Waals surface area contributed by atoms with E-state index in [0.717, 1.165) is 12.3 Å². The zero-order valence-electron chi connectivity index (χ0n) is 12.5. The molecule has 0 bridgehead atoms. The molecule has 1 aliphatic carbocycles. The third-order valence-electron chi connectivity index (χ3n) is 4.58. The van der Waals surface area contributed by atoms with Crippen molar-refractivity contribution in [3.05, 3.63) is 33.8 Å². The molecule has 0 radical (unpaired) electrons. The molecule has 1 aromatic rings. The smallest absolute Gasteiger partial charge is 0.0595 e. The quantitative estimate of drug-likeness (QED) is 0.702. The minimum Gasteiger partial charge on any atom is -0.307 e. The zero-order chi connectivity index (χ0) is 14.5. The summed E-state index contributed by atoms with van der Waals surface area (Å²) in [6.45, 7) is 4.55. The predicted octanol–water partition coefficient (Wildman–Crippen LogP) is 6.00. The van der Waals surface area contributed by atoms with Crippen molar-refractivity contribution in [2.75, 3.05) is 0 Å². The number of hydrogen-bond acceptors (Lipinski definition) is 1. The van der Waals surface area contributed by atoms with Gasteiger partial charge in [-0.1, -0.05) is 55.5 Å². The molecule has 0 aromatic heterocycles. The maximum absolute atomic E-state index is 6.14. The van der Waals surface area contributed by atoms with Gasteiger partial charge in [-0.15, -0.1) is 0 Å². The summed E-state index contributed by atoms with van der Waals surface area (Å²) in [5, 5.41) is 5.08. The van der Waals surface area contributed by atoms with E-state index in [4.69, 9.17) is 23.2 Å². The van der Waals surface area contributed by atoms with Crippen LogP contribution in [-0.2, 0) is 0 Å². The van der Waals surface area contributed by atoms with Gasteiger partial charge in [0.05, 0.1) is 10.0 Å². The molecular formula is C17H25Cl2N. The molecule has 0 aliphatic heterocycles. The van der Waals surface area contributed by atoms with Crippen molar-refractivity contribution in [1.29, 1.82) is 0 Å². The van der Waals surface area contributed by atoms with Crippen LogP contribution in [0.15, 0.2) is 18.2 Å². The van der Waals surface area contributed by atoms with Crippen LogP contribution in [0.1, 0.15) is 64.0 Å². The lowest BCUT2D eigenvalue weighted by molar-refractivity contribution is 0.262. The molecular weight excluding hydrogens is 289 g/mol. The molecule has 1 aromatic carbocycles. The highest BCUT2D eigenvalue weighted by Crippen LogP contribution is 2.30. The Morgan fingerprint density at radius 1 is 1.15 bits per heavy atom. The molecule has 2 unspecified atom stereocenters. The maximum atomic E-state index is 6.14. The summed E-state index contributed by atoms with van der Waals surface area (Å²) in [7, 11) is 0. The Morgan fingerprint density at radius 2 is 1.85 bits per heavy atom. The van der Waals surface area contributed by atoms with E-state index in [1.807, 2.05) is 12.1 Å². The van der Waals surface area contributed by atoms with Crippen molar-refractivity contribution in [1.82, 2.24) is 5.32 Å². The van der Waals surface area contributed by atoms with Crippen molar-refractivity contribution >= 4 is 23.2 Å². The highest BCUT2D eigenvalue weighted by molar-refractivity contribution is 6.42. The second-order valence-electron chi connectivity index (χ2n) is 5.99. The molecule has 1 saturated carbocycles. The highest BCUT2D eigenvalue weighted by atomic mass is 35.5. The van der Waals surface area contributed by atoms with E-state index in [0.29, 0.717) is 22.1 Å². The van der Waals surface area contributed by atoms with Crippen LogP contribution in [0.25, 0.3) is 0 Å². The van der Waals surface area contributed by atoms with E-state index in [9.17, 15) is 0 Å². The minimum absolute atomic E-state index is 0.363. The molecule has 0 spiro atoms. The predicted molar refractivity (Wildman–Crippen MR) is 88.7 cm³/mol. The Balaban J connectivity index is 2.02. The molecule has 1 aliphatic rings. The van der Waals surface area contributed by atoms with Crippen molar-refractivity contribution in [3.63, 3.8) is 0 Å². The Hall–Kier alpha value is -0.240. The molecule has 1 nitrogen and oxygen atoms in total. The van der Waals surface area contributed by atoms with Gasteiger partial charge >= 0.3 is 0 Å². The van der Waals surface area contributed by atoms with Crippen LogP contribution in [0.4, 0.5) is 0 Å². The fraction of sp³-hybridized carbons (Fsp3) is 0.647. The molecule has 1 fully saturated rings. The van der Waals surface area contributed by atoms with Crippen LogP contribution in [-0.4, -0.2) is 6.04 Å². The second kappa shape index (κ2) is 7.68. The van der Waals surface area contributed by atoms with Gasteiger partial charge in [0.15, 0.2) is 0 Å². The molecule has 112 valence electrons. The lowest BCUT2D eigenvalue weighted by Gasteiger charge is -2.31. The highest BCUT2D eigenvalue weighted by Gasteiger charge is 2.22. The monoisotopic (exact) mass is 313 g/mol. The molecule has 2 rings (SSSR count). The molecule has 1 N–H and O–H groups in total. The lowest BCUT2D eigenvalue weighted by Crippen LogP contribution is -2.37. The standard InChI is InChI=1S/C17H25Cl2N/c1-3-17(14-9-10-15(18)16(19)11-14)20-12(2)13-7-5-4-6-8-13/h9-13,17,20H,3-8H2,1-2H3. The van der Waals surface area contributed by atoms with Crippen molar-refractivity contribution in [2.45, 2.75) is 64.5 Å². The molecule has 0 heterocycles. The Bertz CT molecular complexity index is 427. The average molecular weight is 314 g/mol. The van der Waals surface area contributed by atoms with Crippen LogP contribution >= 0.6 is 23.2 Å². The lowest BCUT2D eigenvalue weighted by atomic mass is 9.84. The Morgan fingerprint density at radius 3 is 2.45 bits per heavy atom. The van der Waals surface area contributed by atoms with E-state index in [2.05, 4.69) is 25.2 Å². The minimum atomic E-state index is 0.363. The van der Waals surface area contributed by atoms with Crippen LogP contribution in [0.3, 0.4) is 0 Å². The van der Waals surface area contributed by atoms with Gasteiger partial charge in [0.25, 0.3) is 0 Å². The first kappa shape index (κ1) is 16.1. The summed E-state index contributed by atoms with van der Waals surface area (Å²) >= 11 is 12.1. The van der Waals surface area contributed by atoms with Gasteiger partial charge in [0.1, 0.15) is 0 Å². The van der Waals surface area contributed by atoms with E-state index in [1.165, 1.54) is 37.7 Å². The largest absolute Gasteiger partial charge is 0.307 e. The number of rotatable bonds is 5. The molecule has 20 heavy (non-hydrogen) atoms. The summed E-state index contributed by atoms with van der Waals surface area (Å²) in [5.74, 6) is 0.820. The van der Waals surface area contributed by atoms with Crippen LogP contribution in [0, 0.1) is 5.92 Å². The SMILES string of the molecule is CCC(NC(C)C1CCCCC1)c1ccc(Cl)c(Cl)c1. The van der Waals surface area contributed by atoms with Crippen LogP contribution in [0.2, 0.25) is 10.0 Å². The average Bonchev–Trinajstić information content (AvgIpc) is 2.48. The van der Waals surface area contributed by atoms with Crippen molar-refractivity contribution in [2.24, 2.45) is 5.92 Å². The van der Waals surface area contributed by atoms with Gasteiger partial charge in [0, 0.05) is 12.1 Å². The molecule has 3 heteroatoms. The first-order valence-electron chi connectivity index (χ1n) is 7.82. The van der Waals surface area contributed by atoms with Crippen molar-refractivity contribution in [3.8, 4) is 0 Å². The van der Waals surface area contributed by atoms with E-state index < -0.39 is 0 Å². The van der Waals surface area contributed by atoms with E-state index in [1.54, 1.807) is 0 Å². The normalized spacial score (nSPS) is 19.8. The Kier molecular flexibility index (Phi) is 6.20. The third-order valence-corrected chi connectivity index (χ3v) is 5.31. The van der Waals surface area contributed by atoms with Gasteiger partial charge < -0.3 is 5.32 Å². The summed E-state index contributed by atoms with van der Waals surface area (Å²) < 4.78 is 0. The maximum Gasteiger partial charge on any atom is 0.0595 e. The molecule has 2 atom stereocenters. The fourth-order valence-electron chi connectivity index (χ4n) is 3.27. The number of halogens is 2. The van der Waals surface area contributed by atoms with Crippen molar-refractivity contribution < 1.29 is 0 Å². The van der Waals surface area contributed by atoms with Gasteiger partial charge in [-0.05, 0) is 49.8 Å². The van der Waals surface area contributed by atoms with Gasteiger partial charge in [0.2, 0.25) is 0 Å². The molecule has 0 saturated heterocycles. The van der Waals surface area contributed by atoms with E-state index >= 15 is 0 Å². The molecule has 0 amide bonds. The fourth-order valence-corrected chi connectivity index (χ4v) is 3.57. The van der Waals surface area contributed by atoms with E-state index in [-0.39, 0.29) is 0 Å². The number of hydrogen-bond donors (Lipinski definition) is 1. The van der Waals surface area contributed by atoms with Gasteiger partial charge in [-0.25, -0.2) is 0 Å². The summed E-state index contributed by atoms with van der Waals surface area (Å²) in [4.78, 5) is 0. The first-order chi connectivity index (χ1) is 9.61. The summed E-state index contributed by atoms with van der Waals surface area (Å²) in [5.41, 5.74) is 1.24. The van der Waals surface area contributed by atoms with Gasteiger partial charge in [-0.3, -0.25) is 0 Å². The zero-order valence-corrected chi connectivity index (χ0v) is 14.0. The first-order valence-corrected chi connectivity index (χ1v) is 8.58.